The average molecular weight is 381 g/mol. The lowest BCUT2D eigenvalue weighted by atomic mass is 10.1. The quantitative estimate of drug-likeness (QED) is 0.290. The molecular formula is C18H24NO6P. The number of ether oxygens (including phenoxy) is 1. The van der Waals surface area contributed by atoms with Crippen molar-refractivity contribution in [3.05, 3.63) is 35.4 Å². The summed E-state index contributed by atoms with van der Waals surface area (Å²) in [5.74, 6) is 1.56. The highest BCUT2D eigenvalue weighted by Gasteiger charge is 2.23. The third-order valence-electron chi connectivity index (χ3n) is 3.75. The molecule has 0 aliphatic carbocycles. The molecule has 1 amide bonds. The van der Waals surface area contributed by atoms with Crippen LogP contribution >= 0.6 is 7.60 Å². The number of hydrogen-bond acceptors (Lipinski definition) is 6. The van der Waals surface area contributed by atoms with Gasteiger partial charge in [0.25, 0.3) is 5.91 Å². The summed E-state index contributed by atoms with van der Waals surface area (Å²) in [5.41, 5.74) is 1.07. The first-order valence-corrected chi connectivity index (χ1v) is 9.73. The minimum Gasteiger partial charge on any atom is -0.467 e. The SMILES string of the molecule is C#CCCC[C@H](NC(=O)c1ccc(CP(=O)(OC)OC)cc1)C(=O)OC. The second-order valence-electron chi connectivity index (χ2n) is 5.48. The van der Waals surface area contributed by atoms with Crippen LogP contribution < -0.4 is 5.32 Å². The van der Waals surface area contributed by atoms with Gasteiger partial charge in [-0.3, -0.25) is 9.36 Å². The average Bonchev–Trinajstić information content (AvgIpc) is 2.67. The molecule has 0 bridgehead atoms. The number of rotatable bonds is 10. The van der Waals surface area contributed by atoms with Crippen molar-refractivity contribution in [2.75, 3.05) is 21.3 Å². The van der Waals surface area contributed by atoms with Gasteiger partial charge in [-0.25, -0.2) is 4.79 Å². The number of methoxy groups -OCH3 is 1. The van der Waals surface area contributed by atoms with Gasteiger partial charge < -0.3 is 19.1 Å². The Bertz CT molecular complexity index is 687. The van der Waals surface area contributed by atoms with Crippen molar-refractivity contribution in [3.8, 4) is 12.3 Å². The molecule has 0 radical (unpaired) electrons. The Balaban J connectivity index is 2.78. The first-order valence-electron chi connectivity index (χ1n) is 8.00. The highest BCUT2D eigenvalue weighted by molar-refractivity contribution is 7.52. The van der Waals surface area contributed by atoms with E-state index in [1.165, 1.54) is 21.3 Å². The highest BCUT2D eigenvalue weighted by Crippen LogP contribution is 2.49. The summed E-state index contributed by atoms with van der Waals surface area (Å²) in [7, 11) is 0.727. The van der Waals surface area contributed by atoms with Crippen LogP contribution in [0, 0.1) is 12.3 Å². The third-order valence-corrected chi connectivity index (χ3v) is 5.62. The van der Waals surface area contributed by atoms with Gasteiger partial charge in [0.05, 0.1) is 13.3 Å². The Hall–Kier alpha value is -2.13. The van der Waals surface area contributed by atoms with Gasteiger partial charge >= 0.3 is 13.6 Å². The summed E-state index contributed by atoms with van der Waals surface area (Å²) in [5, 5.41) is 2.65. The molecular weight excluding hydrogens is 357 g/mol. The van der Waals surface area contributed by atoms with Crippen molar-refractivity contribution in [3.63, 3.8) is 0 Å². The Morgan fingerprint density at radius 1 is 1.19 bits per heavy atom. The topological polar surface area (TPSA) is 90.9 Å². The third kappa shape index (κ3) is 6.64. The molecule has 0 aliphatic rings. The maximum Gasteiger partial charge on any atom is 0.334 e. The molecule has 1 rings (SSSR count). The molecule has 26 heavy (non-hydrogen) atoms. The van der Waals surface area contributed by atoms with Crippen LogP contribution in [-0.2, 0) is 29.3 Å². The van der Waals surface area contributed by atoms with E-state index in [9.17, 15) is 14.2 Å². The van der Waals surface area contributed by atoms with Crippen LogP contribution in [0.1, 0.15) is 35.2 Å². The van der Waals surface area contributed by atoms with E-state index in [1.807, 2.05) is 0 Å². The first-order chi connectivity index (χ1) is 12.4. The summed E-state index contributed by atoms with van der Waals surface area (Å²) in [6, 6.07) is 5.71. The molecule has 0 saturated carbocycles. The minimum absolute atomic E-state index is 0.0960. The van der Waals surface area contributed by atoms with E-state index in [1.54, 1.807) is 24.3 Å². The Morgan fingerprint density at radius 3 is 2.31 bits per heavy atom. The first kappa shape index (κ1) is 21.9. The molecule has 1 atom stereocenters. The van der Waals surface area contributed by atoms with E-state index < -0.39 is 25.5 Å². The zero-order valence-corrected chi connectivity index (χ0v) is 16.1. The van der Waals surface area contributed by atoms with Gasteiger partial charge in [0.2, 0.25) is 0 Å². The molecule has 0 aromatic heterocycles. The largest absolute Gasteiger partial charge is 0.467 e. The smallest absolute Gasteiger partial charge is 0.334 e. The number of carbonyl (C=O) groups is 2. The van der Waals surface area contributed by atoms with E-state index in [2.05, 4.69) is 11.2 Å². The van der Waals surface area contributed by atoms with Crippen LogP contribution in [0.5, 0.6) is 0 Å². The predicted octanol–water partition coefficient (Wildman–Crippen LogP) is 2.75. The maximum absolute atomic E-state index is 12.4. The van der Waals surface area contributed by atoms with E-state index in [-0.39, 0.29) is 6.16 Å². The van der Waals surface area contributed by atoms with Crippen molar-refractivity contribution in [1.29, 1.82) is 0 Å². The number of benzene rings is 1. The molecule has 0 spiro atoms. The van der Waals surface area contributed by atoms with Gasteiger partial charge in [0.15, 0.2) is 0 Å². The Labute approximate surface area is 153 Å². The molecule has 0 heterocycles. The van der Waals surface area contributed by atoms with Crippen LogP contribution in [0.25, 0.3) is 0 Å². The number of nitrogens with one attached hydrogen (secondary N) is 1. The molecule has 1 aromatic carbocycles. The fourth-order valence-electron chi connectivity index (χ4n) is 2.23. The maximum atomic E-state index is 12.4. The Kier molecular flexibility index (Phi) is 9.08. The van der Waals surface area contributed by atoms with Crippen molar-refractivity contribution in [1.82, 2.24) is 5.32 Å². The highest BCUT2D eigenvalue weighted by atomic mass is 31.2. The summed E-state index contributed by atoms with van der Waals surface area (Å²) >= 11 is 0. The number of hydrogen-bond donors (Lipinski definition) is 1. The van der Waals surface area contributed by atoms with Gasteiger partial charge in [-0.15, -0.1) is 12.3 Å². The minimum atomic E-state index is -3.18. The van der Waals surface area contributed by atoms with Crippen molar-refractivity contribution in [2.45, 2.75) is 31.5 Å². The van der Waals surface area contributed by atoms with Crippen LogP contribution in [0.15, 0.2) is 24.3 Å². The molecule has 8 heteroatoms. The zero-order valence-electron chi connectivity index (χ0n) is 15.2. The lowest BCUT2D eigenvalue weighted by Gasteiger charge is -2.16. The van der Waals surface area contributed by atoms with Gasteiger partial charge in [-0.05, 0) is 30.5 Å². The van der Waals surface area contributed by atoms with Crippen molar-refractivity contribution < 1.29 is 27.9 Å². The lowest BCUT2D eigenvalue weighted by molar-refractivity contribution is -0.143. The van der Waals surface area contributed by atoms with Gasteiger partial charge in [0.1, 0.15) is 6.04 Å². The molecule has 1 aromatic rings. The number of unbranched alkanes of at least 4 members (excludes halogenated alkanes) is 1. The summed E-state index contributed by atoms with van der Waals surface area (Å²) in [6.45, 7) is 0. The molecule has 142 valence electrons. The van der Waals surface area contributed by atoms with Gasteiger partial charge in [-0.1, -0.05) is 12.1 Å². The fraction of sp³-hybridized carbons (Fsp3) is 0.444. The second kappa shape index (κ2) is 10.8. The monoisotopic (exact) mass is 381 g/mol. The van der Waals surface area contributed by atoms with Crippen LogP contribution in [0.2, 0.25) is 0 Å². The predicted molar refractivity (Wildman–Crippen MR) is 97.7 cm³/mol. The van der Waals surface area contributed by atoms with E-state index in [0.717, 1.165) is 0 Å². The van der Waals surface area contributed by atoms with Crippen LogP contribution in [-0.4, -0.2) is 39.2 Å². The fourth-order valence-corrected chi connectivity index (χ4v) is 3.30. The van der Waals surface area contributed by atoms with Gasteiger partial charge in [0, 0.05) is 26.2 Å². The van der Waals surface area contributed by atoms with Crippen molar-refractivity contribution in [2.24, 2.45) is 0 Å². The summed E-state index contributed by atoms with van der Waals surface area (Å²) in [4.78, 5) is 24.2. The standard InChI is InChI=1S/C18H24NO6P/c1-5-6-7-8-16(18(21)23-2)19-17(20)15-11-9-14(10-12-15)13-26(22,24-3)25-4/h1,9-12,16H,6-8,13H2,2-4H3,(H,19,20)/t16-/m0/s1. The number of carbonyl (C=O) groups excluding carboxylic acids is 2. The molecule has 0 unspecified atom stereocenters. The number of amides is 1. The van der Waals surface area contributed by atoms with E-state index in [0.29, 0.717) is 30.4 Å². The van der Waals surface area contributed by atoms with Crippen molar-refractivity contribution >= 4 is 19.5 Å². The molecule has 0 aliphatic heterocycles. The number of terminal acetylenes is 1. The summed E-state index contributed by atoms with van der Waals surface area (Å²) in [6.07, 6.45) is 6.80. The Morgan fingerprint density at radius 2 is 1.81 bits per heavy atom. The molecule has 7 nitrogen and oxygen atoms in total. The van der Waals surface area contributed by atoms with E-state index >= 15 is 0 Å². The normalized spacial score (nSPS) is 12.1. The van der Waals surface area contributed by atoms with E-state index in [4.69, 9.17) is 20.2 Å². The lowest BCUT2D eigenvalue weighted by Crippen LogP contribution is -2.41. The van der Waals surface area contributed by atoms with Gasteiger partial charge in [-0.2, -0.15) is 0 Å². The number of esters is 1. The molecule has 0 saturated heterocycles. The molecule has 0 fully saturated rings. The van der Waals surface area contributed by atoms with Crippen LogP contribution in [0.3, 0.4) is 0 Å². The van der Waals surface area contributed by atoms with Crippen LogP contribution in [0.4, 0.5) is 0 Å². The second-order valence-corrected chi connectivity index (χ2v) is 7.74. The summed E-state index contributed by atoms with van der Waals surface area (Å²) < 4.78 is 26.6. The zero-order chi connectivity index (χ0) is 19.6. The molecule has 1 N–H and O–H groups in total.